The van der Waals surface area contributed by atoms with Crippen molar-refractivity contribution in [2.24, 2.45) is 17.4 Å². The molecule has 4 atom stereocenters. The maximum atomic E-state index is 13.3. The van der Waals surface area contributed by atoms with Gasteiger partial charge in [-0.1, -0.05) is 56.3 Å². The number of aliphatic carboxylic acids is 1. The molecule has 11 heteroatoms. The Balaban J connectivity index is 2.10. The molecular weight excluding hydrogens is 514 g/mol. The number of aromatic hydroxyl groups is 1. The van der Waals surface area contributed by atoms with Crippen LogP contribution in [0.5, 0.6) is 5.75 Å². The first-order valence-electron chi connectivity index (χ1n) is 13.4. The minimum Gasteiger partial charge on any atom is -0.508 e. The number of rotatable bonds is 16. The molecule has 0 radical (unpaired) electrons. The minimum absolute atomic E-state index is 0.0167. The third-order valence-corrected chi connectivity index (χ3v) is 6.45. The molecule has 40 heavy (non-hydrogen) atoms. The molecule has 4 unspecified atom stereocenters. The second kappa shape index (κ2) is 16.2. The predicted octanol–water partition coefficient (Wildman–Crippen LogP) is 0.829. The standard InChI is InChI=1S/C29H41N5O6/c1-18(2)25(28(38)33-24(29(39)40)17-20-11-13-21(35)14-12-20)34-27(37)23(10-6-7-15-30)32-26(36)22(31)16-19-8-4-3-5-9-19/h3-5,8-9,11-14,18,22-25,35H,6-7,10,15-17,30-31H2,1-2H3,(H,32,36)(H,33,38)(H,34,37)(H,39,40). The Bertz CT molecular complexity index is 1110. The molecule has 218 valence electrons. The van der Waals surface area contributed by atoms with Gasteiger partial charge < -0.3 is 37.6 Å². The number of nitrogens with one attached hydrogen (secondary N) is 3. The number of amides is 3. The first-order valence-corrected chi connectivity index (χ1v) is 13.4. The number of carbonyl (C=O) groups is 4. The summed E-state index contributed by atoms with van der Waals surface area (Å²) in [5.74, 6) is -3.32. The summed E-state index contributed by atoms with van der Waals surface area (Å²) < 4.78 is 0. The molecule has 0 saturated heterocycles. The predicted molar refractivity (Wildman–Crippen MR) is 151 cm³/mol. The molecule has 0 spiro atoms. The van der Waals surface area contributed by atoms with Gasteiger partial charge in [0.25, 0.3) is 0 Å². The number of nitrogens with two attached hydrogens (primary N) is 2. The number of carbonyl (C=O) groups excluding carboxylic acids is 3. The molecule has 0 heterocycles. The molecule has 9 N–H and O–H groups in total. The average Bonchev–Trinajstić information content (AvgIpc) is 2.92. The number of phenols is 1. The van der Waals surface area contributed by atoms with E-state index in [0.717, 1.165) is 5.56 Å². The highest BCUT2D eigenvalue weighted by molar-refractivity contribution is 5.94. The lowest BCUT2D eigenvalue weighted by Crippen LogP contribution is -2.58. The zero-order valence-electron chi connectivity index (χ0n) is 23.0. The summed E-state index contributed by atoms with van der Waals surface area (Å²) in [5.41, 5.74) is 13.2. The Morgan fingerprint density at radius 2 is 1.38 bits per heavy atom. The minimum atomic E-state index is -1.26. The average molecular weight is 556 g/mol. The normalized spacial score (nSPS) is 14.0. The van der Waals surface area contributed by atoms with Gasteiger partial charge in [0.05, 0.1) is 6.04 Å². The SMILES string of the molecule is CC(C)C(NC(=O)C(CCCCN)NC(=O)C(N)Cc1ccccc1)C(=O)NC(Cc1ccc(O)cc1)C(=O)O. The first-order chi connectivity index (χ1) is 19.0. The summed E-state index contributed by atoms with van der Waals surface area (Å²) in [7, 11) is 0. The van der Waals surface area contributed by atoms with Crippen molar-refractivity contribution >= 4 is 23.7 Å². The lowest BCUT2D eigenvalue weighted by Gasteiger charge is -2.27. The highest BCUT2D eigenvalue weighted by Crippen LogP contribution is 2.13. The van der Waals surface area contributed by atoms with Crippen molar-refractivity contribution in [2.75, 3.05) is 6.54 Å². The van der Waals surface area contributed by atoms with Crippen molar-refractivity contribution in [3.63, 3.8) is 0 Å². The number of phenolic OH excluding ortho intramolecular Hbond substituents is 1. The number of benzene rings is 2. The Morgan fingerprint density at radius 3 is 1.95 bits per heavy atom. The fourth-order valence-corrected chi connectivity index (χ4v) is 4.12. The van der Waals surface area contributed by atoms with E-state index in [1.807, 2.05) is 30.3 Å². The van der Waals surface area contributed by atoms with E-state index in [1.54, 1.807) is 26.0 Å². The monoisotopic (exact) mass is 555 g/mol. The maximum Gasteiger partial charge on any atom is 0.326 e. The third-order valence-electron chi connectivity index (χ3n) is 6.45. The largest absolute Gasteiger partial charge is 0.508 e. The molecule has 2 rings (SSSR count). The molecule has 0 aliphatic rings. The van der Waals surface area contributed by atoms with Crippen LogP contribution >= 0.6 is 0 Å². The molecule has 0 fully saturated rings. The van der Waals surface area contributed by atoms with Gasteiger partial charge in [0, 0.05) is 6.42 Å². The Labute approximate surface area is 234 Å². The molecule has 11 nitrogen and oxygen atoms in total. The van der Waals surface area contributed by atoms with E-state index in [-0.39, 0.29) is 24.5 Å². The fraction of sp³-hybridized carbons (Fsp3) is 0.448. The summed E-state index contributed by atoms with van der Waals surface area (Å²) in [4.78, 5) is 51.2. The van der Waals surface area contributed by atoms with Gasteiger partial charge in [-0.25, -0.2) is 4.79 Å². The molecule has 2 aromatic rings. The maximum absolute atomic E-state index is 13.3. The highest BCUT2D eigenvalue weighted by atomic mass is 16.4. The van der Waals surface area contributed by atoms with Crippen LogP contribution in [0, 0.1) is 5.92 Å². The van der Waals surface area contributed by atoms with Crippen molar-refractivity contribution in [3.05, 3.63) is 65.7 Å². The summed E-state index contributed by atoms with van der Waals surface area (Å²) in [5, 5.41) is 27.1. The zero-order valence-corrected chi connectivity index (χ0v) is 23.0. The zero-order chi connectivity index (χ0) is 29.7. The Morgan fingerprint density at radius 1 is 0.775 bits per heavy atom. The van der Waals surface area contributed by atoms with Crippen LogP contribution in [0.3, 0.4) is 0 Å². The van der Waals surface area contributed by atoms with Gasteiger partial charge in [-0.2, -0.15) is 0 Å². The van der Waals surface area contributed by atoms with Crippen LogP contribution in [0.1, 0.15) is 44.2 Å². The second-order valence-corrected chi connectivity index (χ2v) is 10.1. The Hall–Kier alpha value is -3.96. The number of hydrogen-bond donors (Lipinski definition) is 7. The molecule has 0 aromatic heterocycles. The van der Waals surface area contributed by atoms with Crippen molar-refractivity contribution in [2.45, 2.75) is 70.1 Å². The van der Waals surface area contributed by atoms with E-state index in [4.69, 9.17) is 11.5 Å². The smallest absolute Gasteiger partial charge is 0.326 e. The Kier molecular flexibility index (Phi) is 13.1. The fourth-order valence-electron chi connectivity index (χ4n) is 4.12. The number of unbranched alkanes of at least 4 members (excludes halogenated alkanes) is 1. The van der Waals surface area contributed by atoms with Gasteiger partial charge in [-0.3, -0.25) is 14.4 Å². The third kappa shape index (κ3) is 10.7. The molecular formula is C29H41N5O6. The first kappa shape index (κ1) is 32.3. The van der Waals surface area contributed by atoms with E-state index < -0.39 is 47.9 Å². The van der Waals surface area contributed by atoms with Crippen molar-refractivity contribution in [1.29, 1.82) is 0 Å². The van der Waals surface area contributed by atoms with Gasteiger partial charge in [-0.05, 0) is 61.4 Å². The van der Waals surface area contributed by atoms with Gasteiger partial charge >= 0.3 is 5.97 Å². The lowest BCUT2D eigenvalue weighted by atomic mass is 10.00. The van der Waals surface area contributed by atoms with E-state index in [9.17, 15) is 29.4 Å². The van der Waals surface area contributed by atoms with E-state index in [2.05, 4.69) is 16.0 Å². The van der Waals surface area contributed by atoms with Crippen LogP contribution in [0.25, 0.3) is 0 Å². The van der Waals surface area contributed by atoms with Crippen LogP contribution < -0.4 is 27.4 Å². The molecule has 2 aromatic carbocycles. The number of hydrogen-bond acceptors (Lipinski definition) is 7. The van der Waals surface area contributed by atoms with Crippen LogP contribution in [-0.4, -0.2) is 64.6 Å². The van der Waals surface area contributed by atoms with Crippen LogP contribution in [0.4, 0.5) is 0 Å². The van der Waals surface area contributed by atoms with Crippen LogP contribution in [0.15, 0.2) is 54.6 Å². The summed E-state index contributed by atoms with van der Waals surface area (Å²) >= 11 is 0. The van der Waals surface area contributed by atoms with Crippen LogP contribution in [0.2, 0.25) is 0 Å². The van der Waals surface area contributed by atoms with E-state index in [0.29, 0.717) is 31.4 Å². The van der Waals surface area contributed by atoms with Crippen molar-refractivity contribution in [3.8, 4) is 5.75 Å². The van der Waals surface area contributed by atoms with Crippen molar-refractivity contribution in [1.82, 2.24) is 16.0 Å². The highest BCUT2D eigenvalue weighted by Gasteiger charge is 2.32. The molecule has 3 amide bonds. The summed E-state index contributed by atoms with van der Waals surface area (Å²) in [6.45, 7) is 3.86. The molecule has 0 aliphatic heterocycles. The topological polar surface area (TPSA) is 197 Å². The quantitative estimate of drug-likeness (QED) is 0.148. The van der Waals surface area contributed by atoms with Gasteiger partial charge in [0.1, 0.15) is 23.9 Å². The van der Waals surface area contributed by atoms with E-state index >= 15 is 0 Å². The lowest BCUT2D eigenvalue weighted by molar-refractivity contribution is -0.142. The van der Waals surface area contributed by atoms with Gasteiger partial charge in [0.15, 0.2) is 0 Å². The number of carboxylic acid groups (broad SMARTS) is 1. The molecule has 0 bridgehead atoms. The second-order valence-electron chi connectivity index (χ2n) is 10.1. The van der Waals surface area contributed by atoms with Gasteiger partial charge in [-0.15, -0.1) is 0 Å². The summed E-state index contributed by atoms with van der Waals surface area (Å²) in [6.07, 6.45) is 1.77. The number of carboxylic acids is 1. The molecule has 0 saturated carbocycles. The molecule has 0 aliphatic carbocycles. The van der Waals surface area contributed by atoms with Gasteiger partial charge in [0.2, 0.25) is 17.7 Å². The van der Waals surface area contributed by atoms with Crippen molar-refractivity contribution < 1.29 is 29.4 Å². The summed E-state index contributed by atoms with van der Waals surface area (Å²) in [6, 6.07) is 11.1. The van der Waals surface area contributed by atoms with Crippen LogP contribution in [-0.2, 0) is 32.0 Å². The van der Waals surface area contributed by atoms with E-state index in [1.165, 1.54) is 12.1 Å².